The smallest absolute Gasteiger partial charge is 0.368 e. The van der Waals surface area contributed by atoms with Crippen molar-refractivity contribution in [2.75, 3.05) is 11.1 Å². The SMILES string of the molecule is Cc1ccc(Nc2nc(N)nc(-c3cc(C(F)(F)F)ccc3Cl)n2)cc1. The van der Waals surface area contributed by atoms with E-state index in [1.165, 1.54) is 0 Å². The van der Waals surface area contributed by atoms with E-state index >= 15 is 0 Å². The van der Waals surface area contributed by atoms with Crippen LogP contribution in [-0.4, -0.2) is 15.0 Å². The fourth-order valence-corrected chi connectivity index (χ4v) is 2.41. The van der Waals surface area contributed by atoms with Gasteiger partial charge in [0.05, 0.1) is 10.6 Å². The molecule has 134 valence electrons. The number of aromatic nitrogens is 3. The summed E-state index contributed by atoms with van der Waals surface area (Å²) >= 11 is 6.03. The third-order valence-electron chi connectivity index (χ3n) is 3.50. The first-order valence-electron chi connectivity index (χ1n) is 7.45. The van der Waals surface area contributed by atoms with Crippen LogP contribution in [0.3, 0.4) is 0 Å². The van der Waals surface area contributed by atoms with Crippen molar-refractivity contribution in [3.8, 4) is 11.4 Å². The number of nitrogens with zero attached hydrogens (tertiary/aromatic N) is 3. The summed E-state index contributed by atoms with van der Waals surface area (Å²) in [5.41, 5.74) is 6.61. The summed E-state index contributed by atoms with van der Waals surface area (Å²) in [5, 5.41) is 3.01. The number of rotatable bonds is 3. The summed E-state index contributed by atoms with van der Waals surface area (Å²) in [7, 11) is 0. The zero-order chi connectivity index (χ0) is 18.9. The molecule has 0 amide bonds. The maximum absolute atomic E-state index is 13.0. The lowest BCUT2D eigenvalue weighted by Gasteiger charge is -2.11. The molecule has 0 unspecified atom stereocenters. The molecule has 1 aromatic heterocycles. The Balaban J connectivity index is 2.01. The number of hydrogen-bond acceptors (Lipinski definition) is 5. The maximum Gasteiger partial charge on any atom is 0.416 e. The molecule has 3 aromatic rings. The molecule has 0 aliphatic carbocycles. The third-order valence-corrected chi connectivity index (χ3v) is 3.82. The summed E-state index contributed by atoms with van der Waals surface area (Å²) in [6.45, 7) is 1.94. The van der Waals surface area contributed by atoms with Crippen LogP contribution in [0.2, 0.25) is 5.02 Å². The predicted molar refractivity (Wildman–Crippen MR) is 94.1 cm³/mol. The van der Waals surface area contributed by atoms with E-state index in [-0.39, 0.29) is 28.3 Å². The minimum atomic E-state index is -4.51. The van der Waals surface area contributed by atoms with E-state index in [2.05, 4.69) is 20.3 Å². The van der Waals surface area contributed by atoms with Gasteiger partial charge in [-0.15, -0.1) is 0 Å². The van der Waals surface area contributed by atoms with E-state index in [0.717, 1.165) is 23.8 Å². The number of alkyl halides is 3. The molecular weight excluding hydrogens is 367 g/mol. The Morgan fingerprint density at radius 3 is 2.35 bits per heavy atom. The van der Waals surface area contributed by atoms with Gasteiger partial charge in [0, 0.05) is 11.3 Å². The quantitative estimate of drug-likeness (QED) is 0.680. The van der Waals surface area contributed by atoms with Crippen LogP contribution in [0, 0.1) is 6.92 Å². The second-order valence-corrected chi connectivity index (χ2v) is 5.93. The van der Waals surface area contributed by atoms with Crippen LogP contribution in [0.1, 0.15) is 11.1 Å². The first-order chi connectivity index (χ1) is 12.2. The molecule has 0 aliphatic rings. The highest BCUT2D eigenvalue weighted by Gasteiger charge is 2.31. The van der Waals surface area contributed by atoms with Crippen molar-refractivity contribution in [2.24, 2.45) is 0 Å². The number of nitrogens with two attached hydrogens (primary N) is 1. The van der Waals surface area contributed by atoms with Crippen molar-refractivity contribution in [3.05, 3.63) is 58.6 Å². The number of hydrogen-bond donors (Lipinski definition) is 2. The largest absolute Gasteiger partial charge is 0.416 e. The average Bonchev–Trinajstić information content (AvgIpc) is 2.56. The summed E-state index contributed by atoms with van der Waals surface area (Å²) in [4.78, 5) is 12.0. The van der Waals surface area contributed by atoms with Gasteiger partial charge in [0.1, 0.15) is 0 Å². The lowest BCUT2D eigenvalue weighted by molar-refractivity contribution is -0.137. The number of aryl methyl sites for hydroxylation is 1. The second-order valence-electron chi connectivity index (χ2n) is 5.52. The molecule has 1 heterocycles. The topological polar surface area (TPSA) is 76.7 Å². The van der Waals surface area contributed by atoms with E-state index in [9.17, 15) is 13.2 Å². The minimum Gasteiger partial charge on any atom is -0.368 e. The lowest BCUT2D eigenvalue weighted by atomic mass is 10.1. The van der Waals surface area contributed by atoms with Gasteiger partial charge >= 0.3 is 6.18 Å². The summed E-state index contributed by atoms with van der Waals surface area (Å²) < 4.78 is 38.9. The van der Waals surface area contributed by atoms with Crippen molar-refractivity contribution in [2.45, 2.75) is 13.1 Å². The van der Waals surface area contributed by atoms with Gasteiger partial charge in [0.15, 0.2) is 5.82 Å². The maximum atomic E-state index is 13.0. The molecule has 0 aliphatic heterocycles. The van der Waals surface area contributed by atoms with Crippen LogP contribution in [0.25, 0.3) is 11.4 Å². The van der Waals surface area contributed by atoms with Crippen LogP contribution in [0.15, 0.2) is 42.5 Å². The van der Waals surface area contributed by atoms with Crippen LogP contribution < -0.4 is 11.1 Å². The van der Waals surface area contributed by atoms with Gasteiger partial charge in [0.2, 0.25) is 11.9 Å². The van der Waals surface area contributed by atoms with Crippen LogP contribution in [0.5, 0.6) is 0 Å². The van der Waals surface area contributed by atoms with Gasteiger partial charge in [-0.2, -0.15) is 28.1 Å². The van der Waals surface area contributed by atoms with Crippen LogP contribution in [-0.2, 0) is 6.18 Å². The standard InChI is InChI=1S/C17H13ClF3N5/c1-9-2-5-11(6-3-9)23-16-25-14(24-15(22)26-16)12-8-10(17(19,20)21)4-7-13(12)18/h2-8H,1H3,(H3,22,23,24,25,26). The normalized spacial score (nSPS) is 11.4. The highest BCUT2D eigenvalue weighted by atomic mass is 35.5. The minimum absolute atomic E-state index is 0.0162. The molecule has 9 heteroatoms. The summed E-state index contributed by atoms with van der Waals surface area (Å²) in [5.74, 6) is -0.0915. The number of benzene rings is 2. The third kappa shape index (κ3) is 4.02. The molecule has 26 heavy (non-hydrogen) atoms. The summed E-state index contributed by atoms with van der Waals surface area (Å²) in [6, 6.07) is 10.3. The molecular formula is C17H13ClF3N5. The number of nitrogen functional groups attached to an aromatic ring is 1. The van der Waals surface area contributed by atoms with Gasteiger partial charge < -0.3 is 11.1 Å². The highest BCUT2D eigenvalue weighted by molar-refractivity contribution is 6.33. The molecule has 0 saturated heterocycles. The zero-order valence-electron chi connectivity index (χ0n) is 13.5. The van der Waals surface area contributed by atoms with E-state index in [4.69, 9.17) is 17.3 Å². The molecule has 0 spiro atoms. The molecule has 0 fully saturated rings. The van der Waals surface area contributed by atoms with Crippen molar-refractivity contribution in [3.63, 3.8) is 0 Å². The number of nitrogens with one attached hydrogen (secondary N) is 1. The fourth-order valence-electron chi connectivity index (χ4n) is 2.21. The number of halogens is 4. The first kappa shape index (κ1) is 17.9. The Bertz CT molecular complexity index is 942. The van der Waals surface area contributed by atoms with Crippen molar-refractivity contribution >= 4 is 29.2 Å². The molecule has 0 bridgehead atoms. The van der Waals surface area contributed by atoms with E-state index in [1.807, 2.05) is 31.2 Å². The Morgan fingerprint density at radius 1 is 1.00 bits per heavy atom. The molecule has 2 aromatic carbocycles. The van der Waals surface area contributed by atoms with Crippen LogP contribution >= 0.6 is 11.6 Å². The van der Waals surface area contributed by atoms with Crippen LogP contribution in [0.4, 0.5) is 30.8 Å². The zero-order valence-corrected chi connectivity index (χ0v) is 14.2. The van der Waals surface area contributed by atoms with E-state index in [1.54, 1.807) is 0 Å². The fraction of sp³-hybridized carbons (Fsp3) is 0.118. The van der Waals surface area contributed by atoms with Crippen molar-refractivity contribution in [1.29, 1.82) is 0 Å². The Kier molecular flexibility index (Phi) is 4.69. The molecule has 3 rings (SSSR count). The Labute approximate surface area is 152 Å². The molecule has 0 saturated carbocycles. The van der Waals surface area contributed by atoms with Gasteiger partial charge in [0.25, 0.3) is 0 Å². The second kappa shape index (κ2) is 6.80. The van der Waals surface area contributed by atoms with Gasteiger partial charge in [-0.25, -0.2) is 0 Å². The lowest BCUT2D eigenvalue weighted by Crippen LogP contribution is -2.07. The van der Waals surface area contributed by atoms with Gasteiger partial charge in [-0.3, -0.25) is 0 Å². The monoisotopic (exact) mass is 379 g/mol. The average molecular weight is 380 g/mol. The van der Waals surface area contributed by atoms with Gasteiger partial charge in [-0.05, 0) is 37.3 Å². The predicted octanol–water partition coefficient (Wildman–Crippen LogP) is 4.85. The summed E-state index contributed by atoms with van der Waals surface area (Å²) in [6.07, 6.45) is -4.51. The Morgan fingerprint density at radius 2 is 1.69 bits per heavy atom. The molecule has 5 nitrogen and oxygen atoms in total. The molecule has 3 N–H and O–H groups in total. The van der Waals surface area contributed by atoms with E-state index in [0.29, 0.717) is 5.69 Å². The number of anilines is 3. The Hall–Kier alpha value is -2.87. The first-order valence-corrected chi connectivity index (χ1v) is 7.82. The molecule has 0 atom stereocenters. The van der Waals surface area contributed by atoms with Gasteiger partial charge in [-0.1, -0.05) is 29.3 Å². The van der Waals surface area contributed by atoms with E-state index < -0.39 is 11.7 Å². The van der Waals surface area contributed by atoms with Crippen molar-refractivity contribution < 1.29 is 13.2 Å². The molecule has 0 radical (unpaired) electrons. The highest BCUT2D eigenvalue weighted by Crippen LogP contribution is 2.35. The van der Waals surface area contributed by atoms with Crippen molar-refractivity contribution in [1.82, 2.24) is 15.0 Å².